The van der Waals surface area contributed by atoms with E-state index in [1.54, 1.807) is 6.08 Å². The molecule has 3 atom stereocenters. The number of carbonyl (C=O) groups is 1. The van der Waals surface area contributed by atoms with E-state index in [1.165, 1.54) is 289 Å². The van der Waals surface area contributed by atoms with Gasteiger partial charge in [-0.2, -0.15) is 0 Å². The van der Waals surface area contributed by atoms with E-state index in [4.69, 9.17) is 9.05 Å². The van der Waals surface area contributed by atoms with Crippen LogP contribution in [-0.4, -0.2) is 73.4 Å². The molecule has 8 nitrogen and oxygen atoms in total. The Bertz CT molecular complexity index is 1360. The first-order valence-corrected chi connectivity index (χ1v) is 35.9. The first kappa shape index (κ1) is 76.7. The predicted molar refractivity (Wildman–Crippen MR) is 341 cm³/mol. The van der Waals surface area contributed by atoms with Crippen LogP contribution in [0.5, 0.6) is 0 Å². The van der Waals surface area contributed by atoms with Crippen LogP contribution in [0.4, 0.5) is 0 Å². The zero-order chi connectivity index (χ0) is 57.0. The molecule has 0 aromatic carbocycles. The quantitative estimate of drug-likeness (QED) is 0.0243. The summed E-state index contributed by atoms with van der Waals surface area (Å²) in [5, 5.41) is 14.0. The SMILES string of the molecule is CCCCCCCCCC/C=C\CCCCCCCCCCCCCCCCCCCCCCCCCC(=O)NC(COP(=O)(O)OCC[N+](C)(C)C)C(O)/C=C/CC/C=C/CCCCCCCCCCCCCCCCC. The number of hydrogen-bond acceptors (Lipinski definition) is 5. The largest absolute Gasteiger partial charge is 0.472 e. The molecule has 0 aliphatic rings. The summed E-state index contributed by atoms with van der Waals surface area (Å²) in [6, 6.07) is -0.862. The van der Waals surface area contributed by atoms with Gasteiger partial charge in [-0.1, -0.05) is 320 Å². The van der Waals surface area contributed by atoms with Crippen LogP contribution in [0.1, 0.15) is 348 Å². The van der Waals surface area contributed by atoms with Gasteiger partial charge in [0.25, 0.3) is 0 Å². The molecule has 0 fully saturated rings. The maximum Gasteiger partial charge on any atom is 0.472 e. The lowest BCUT2D eigenvalue weighted by Gasteiger charge is -2.25. The number of likely N-dealkylation sites (N-methyl/N-ethyl adjacent to an activating group) is 1. The van der Waals surface area contributed by atoms with E-state index in [2.05, 4.69) is 43.5 Å². The second kappa shape index (κ2) is 60.3. The Hall–Kier alpha value is -1.28. The van der Waals surface area contributed by atoms with Crippen molar-refractivity contribution < 1.29 is 32.9 Å². The molecular formula is C69H136N2O6P+. The fourth-order valence-corrected chi connectivity index (χ4v) is 11.2. The van der Waals surface area contributed by atoms with Crippen LogP contribution >= 0.6 is 7.82 Å². The van der Waals surface area contributed by atoms with Gasteiger partial charge in [-0.05, 0) is 57.8 Å². The maximum atomic E-state index is 13.0. The Labute approximate surface area is 487 Å². The monoisotopic (exact) mass is 1120 g/mol. The van der Waals surface area contributed by atoms with Crippen LogP contribution in [0.2, 0.25) is 0 Å². The smallest absolute Gasteiger partial charge is 0.387 e. The van der Waals surface area contributed by atoms with E-state index in [0.29, 0.717) is 17.4 Å². The molecule has 0 bridgehead atoms. The van der Waals surface area contributed by atoms with Gasteiger partial charge in [0.05, 0.1) is 39.9 Å². The molecule has 462 valence electrons. The van der Waals surface area contributed by atoms with E-state index < -0.39 is 20.0 Å². The van der Waals surface area contributed by atoms with Gasteiger partial charge in [0.2, 0.25) is 5.91 Å². The summed E-state index contributed by atoms with van der Waals surface area (Å²) in [5.74, 6) is -0.180. The van der Waals surface area contributed by atoms with E-state index >= 15 is 0 Å². The standard InChI is InChI=1S/C69H135N2O6P/c1-6-8-10-12-14-16-18-20-22-24-26-28-29-30-31-32-33-34-35-36-37-38-39-40-41-43-45-47-49-51-53-55-57-59-61-63-69(73)70-67(66-77-78(74,75)76-65-64-71(3,4)5)68(72)62-60-58-56-54-52-50-48-46-44-42-27-25-23-21-19-17-15-13-11-9-7-2/h24,26,52,54,60,62,67-68,72H,6-23,25,27-51,53,55-59,61,63-66H2,1-5H3,(H-,70,73,74,75)/p+1/b26-24-,54-52+,62-60+. The summed E-state index contributed by atoms with van der Waals surface area (Å²) >= 11 is 0. The minimum absolute atomic E-state index is 0.0582. The average molecular weight is 1120 g/mol. The third-order valence-corrected chi connectivity index (χ3v) is 16.8. The Balaban J connectivity index is 4.01. The average Bonchev–Trinajstić information content (AvgIpc) is 3.41. The topological polar surface area (TPSA) is 105 Å². The summed E-state index contributed by atoms with van der Waals surface area (Å²) in [6.45, 7) is 4.85. The van der Waals surface area contributed by atoms with E-state index in [0.717, 1.165) is 38.5 Å². The summed E-state index contributed by atoms with van der Waals surface area (Å²) < 4.78 is 23.8. The van der Waals surface area contributed by atoms with Crippen molar-refractivity contribution in [1.82, 2.24) is 5.32 Å². The molecule has 0 heterocycles. The molecule has 9 heteroatoms. The van der Waals surface area contributed by atoms with Gasteiger partial charge in [-0.15, -0.1) is 0 Å². The van der Waals surface area contributed by atoms with Gasteiger partial charge in [-0.25, -0.2) is 4.57 Å². The minimum Gasteiger partial charge on any atom is -0.387 e. The molecule has 0 saturated heterocycles. The van der Waals surface area contributed by atoms with Crippen LogP contribution in [-0.2, 0) is 18.4 Å². The normalized spacial score (nSPS) is 13.9. The lowest BCUT2D eigenvalue weighted by molar-refractivity contribution is -0.870. The molecule has 3 N–H and O–H groups in total. The van der Waals surface area contributed by atoms with Crippen molar-refractivity contribution >= 4 is 13.7 Å². The molecule has 0 aromatic heterocycles. The number of nitrogens with one attached hydrogen (secondary N) is 1. The summed E-state index contributed by atoms with van der Waals surface area (Å²) in [4.78, 5) is 23.4. The number of carbonyl (C=O) groups excluding carboxylic acids is 1. The van der Waals surface area contributed by atoms with Crippen molar-refractivity contribution in [2.75, 3.05) is 40.9 Å². The highest BCUT2D eigenvalue weighted by molar-refractivity contribution is 7.47. The molecule has 0 aliphatic heterocycles. The lowest BCUT2D eigenvalue weighted by Crippen LogP contribution is -2.45. The molecule has 0 aliphatic carbocycles. The number of hydrogen-bond donors (Lipinski definition) is 3. The van der Waals surface area contributed by atoms with Gasteiger partial charge >= 0.3 is 7.82 Å². The second-order valence-corrected chi connectivity index (χ2v) is 26.4. The molecule has 0 radical (unpaired) electrons. The van der Waals surface area contributed by atoms with Gasteiger partial charge in [0, 0.05) is 6.42 Å². The van der Waals surface area contributed by atoms with Crippen LogP contribution < -0.4 is 5.32 Å². The highest BCUT2D eigenvalue weighted by Crippen LogP contribution is 2.43. The number of unbranched alkanes of at least 4 members (excludes halogenated alkanes) is 47. The van der Waals surface area contributed by atoms with Crippen molar-refractivity contribution in [3.8, 4) is 0 Å². The van der Waals surface area contributed by atoms with Crippen molar-refractivity contribution in [2.24, 2.45) is 0 Å². The van der Waals surface area contributed by atoms with Crippen LogP contribution in [0.15, 0.2) is 36.5 Å². The van der Waals surface area contributed by atoms with Crippen molar-refractivity contribution in [3.05, 3.63) is 36.5 Å². The van der Waals surface area contributed by atoms with Crippen LogP contribution in [0.25, 0.3) is 0 Å². The fraction of sp³-hybridized carbons (Fsp3) is 0.899. The van der Waals surface area contributed by atoms with E-state index in [-0.39, 0.29) is 19.1 Å². The molecule has 0 spiro atoms. The first-order valence-electron chi connectivity index (χ1n) is 34.4. The van der Waals surface area contributed by atoms with Crippen LogP contribution in [0.3, 0.4) is 0 Å². The van der Waals surface area contributed by atoms with Gasteiger partial charge in [-0.3, -0.25) is 13.8 Å². The number of amides is 1. The summed E-state index contributed by atoms with van der Waals surface area (Å²) in [6.07, 6.45) is 80.1. The van der Waals surface area contributed by atoms with Gasteiger partial charge < -0.3 is 19.8 Å². The zero-order valence-corrected chi connectivity index (χ0v) is 53.8. The Morgan fingerprint density at radius 1 is 0.423 bits per heavy atom. The third-order valence-electron chi connectivity index (χ3n) is 15.8. The Kier molecular flexibility index (Phi) is 59.3. The number of nitrogens with zero attached hydrogens (tertiary/aromatic N) is 1. The number of rotatable bonds is 64. The van der Waals surface area contributed by atoms with E-state index in [1.807, 2.05) is 27.2 Å². The third kappa shape index (κ3) is 62.3. The second-order valence-electron chi connectivity index (χ2n) is 24.9. The molecular weight excluding hydrogens is 984 g/mol. The molecule has 0 saturated carbocycles. The lowest BCUT2D eigenvalue weighted by atomic mass is 10.0. The predicted octanol–water partition coefficient (Wildman–Crippen LogP) is 21.7. The van der Waals surface area contributed by atoms with Crippen molar-refractivity contribution in [2.45, 2.75) is 360 Å². The molecule has 1 amide bonds. The Morgan fingerprint density at radius 3 is 1.03 bits per heavy atom. The number of aliphatic hydroxyl groups excluding tert-OH is 1. The summed E-state index contributed by atoms with van der Waals surface area (Å²) in [5.41, 5.74) is 0. The molecule has 78 heavy (non-hydrogen) atoms. The van der Waals surface area contributed by atoms with Crippen LogP contribution in [0, 0.1) is 0 Å². The number of allylic oxidation sites excluding steroid dienone is 5. The minimum atomic E-state index is -4.36. The molecule has 0 rings (SSSR count). The fourth-order valence-electron chi connectivity index (χ4n) is 10.5. The highest BCUT2D eigenvalue weighted by atomic mass is 31.2. The maximum absolute atomic E-state index is 13.0. The number of phosphoric acid groups is 1. The van der Waals surface area contributed by atoms with Gasteiger partial charge in [0.15, 0.2) is 0 Å². The number of aliphatic hydroxyl groups is 1. The van der Waals surface area contributed by atoms with Crippen molar-refractivity contribution in [3.63, 3.8) is 0 Å². The van der Waals surface area contributed by atoms with E-state index in [9.17, 15) is 19.4 Å². The molecule has 3 unspecified atom stereocenters. The summed E-state index contributed by atoms with van der Waals surface area (Å²) in [7, 11) is 1.57. The highest BCUT2D eigenvalue weighted by Gasteiger charge is 2.28. The van der Waals surface area contributed by atoms with Gasteiger partial charge in [0.1, 0.15) is 13.2 Å². The van der Waals surface area contributed by atoms with Crippen molar-refractivity contribution in [1.29, 1.82) is 0 Å². The Morgan fingerprint density at radius 2 is 0.705 bits per heavy atom. The molecule has 0 aromatic rings. The number of quaternary nitrogens is 1. The number of phosphoric ester groups is 1. The zero-order valence-electron chi connectivity index (χ0n) is 52.9. The first-order chi connectivity index (χ1) is 38.0.